The van der Waals surface area contributed by atoms with Crippen molar-refractivity contribution in [1.82, 2.24) is 14.7 Å². The molecule has 1 amide bonds. The van der Waals surface area contributed by atoms with E-state index in [9.17, 15) is 22.4 Å². The minimum atomic E-state index is -0.708. The van der Waals surface area contributed by atoms with Crippen molar-refractivity contribution in [3.05, 3.63) is 70.7 Å². The molecule has 0 fully saturated rings. The summed E-state index contributed by atoms with van der Waals surface area (Å²) in [7, 11) is 1.66. The van der Waals surface area contributed by atoms with Crippen molar-refractivity contribution in [1.29, 1.82) is 0 Å². The molecule has 0 saturated heterocycles. The first-order chi connectivity index (χ1) is 14.9. The molecule has 9 heteroatoms. The number of aromatic nitrogens is 2. The molecule has 3 aromatic rings. The molecule has 2 heterocycles. The van der Waals surface area contributed by atoms with E-state index in [2.05, 4.69) is 5.10 Å². The number of rotatable bonds is 5. The molecule has 1 aromatic heterocycles. The Balaban J connectivity index is 1.61. The smallest absolute Gasteiger partial charge is 0.257 e. The number of carbonyl (C=O) groups is 1. The van der Waals surface area contributed by atoms with Crippen LogP contribution in [0, 0.1) is 17.5 Å². The summed E-state index contributed by atoms with van der Waals surface area (Å²) in [6.07, 6.45) is 0.391. The Labute approximate surface area is 175 Å². The molecule has 0 radical (unpaired) electrons. The highest BCUT2D eigenvalue weighted by Crippen LogP contribution is 2.31. The van der Waals surface area contributed by atoms with Crippen LogP contribution >= 0.6 is 0 Å². The van der Waals surface area contributed by atoms with Crippen molar-refractivity contribution < 1.29 is 27.1 Å². The van der Waals surface area contributed by atoms with Crippen LogP contribution in [0.1, 0.15) is 21.6 Å². The number of fused-ring (bicyclic) bond motifs is 1. The Kier molecular flexibility index (Phi) is 5.67. The number of nitrogens with zero attached hydrogens (tertiary/aromatic N) is 3. The van der Waals surface area contributed by atoms with Gasteiger partial charge in [0.05, 0.1) is 23.5 Å². The molecule has 5 nitrogen and oxygen atoms in total. The molecule has 0 unspecified atom stereocenters. The van der Waals surface area contributed by atoms with Gasteiger partial charge in [0, 0.05) is 30.8 Å². The van der Waals surface area contributed by atoms with Crippen LogP contribution in [0.3, 0.4) is 0 Å². The number of carbonyl (C=O) groups excluding carboxylic acids is 1. The van der Waals surface area contributed by atoms with Crippen LogP contribution in [0.2, 0.25) is 0 Å². The lowest BCUT2D eigenvalue weighted by molar-refractivity contribution is 0.0727. The van der Waals surface area contributed by atoms with Crippen LogP contribution in [0.4, 0.5) is 17.6 Å². The van der Waals surface area contributed by atoms with Crippen LogP contribution in [0.15, 0.2) is 36.4 Å². The van der Waals surface area contributed by atoms with Crippen molar-refractivity contribution in [2.75, 3.05) is 19.8 Å². The third-order valence-corrected chi connectivity index (χ3v) is 5.14. The Morgan fingerprint density at radius 1 is 1.13 bits per heavy atom. The molecular weight excluding hydrogens is 414 g/mol. The maximum Gasteiger partial charge on any atom is 0.257 e. The highest BCUT2D eigenvalue weighted by molar-refractivity contribution is 5.95. The number of alkyl halides is 1. The molecule has 2 aromatic carbocycles. The summed E-state index contributed by atoms with van der Waals surface area (Å²) in [5.41, 5.74) is 2.12. The lowest BCUT2D eigenvalue weighted by Gasteiger charge is -2.27. The van der Waals surface area contributed by atoms with Gasteiger partial charge in [0.1, 0.15) is 36.5 Å². The molecule has 0 aliphatic carbocycles. The third kappa shape index (κ3) is 4.12. The molecule has 4 rings (SSSR count). The zero-order valence-electron chi connectivity index (χ0n) is 16.7. The van der Waals surface area contributed by atoms with Crippen LogP contribution in [0.5, 0.6) is 5.75 Å². The SMILES string of the molecule is Cn1nc2c(c1-c1cc(F)cc(F)c1)CCN(C(=O)c1cc(OCCF)ccc1F)C2. The number of halogens is 4. The van der Waals surface area contributed by atoms with Gasteiger partial charge < -0.3 is 9.64 Å². The first kappa shape index (κ1) is 20.9. The van der Waals surface area contributed by atoms with Crippen molar-refractivity contribution in [2.24, 2.45) is 7.05 Å². The summed E-state index contributed by atoms with van der Waals surface area (Å²) in [6.45, 7) is -0.497. The van der Waals surface area contributed by atoms with E-state index >= 15 is 0 Å². The van der Waals surface area contributed by atoms with Gasteiger partial charge >= 0.3 is 0 Å². The van der Waals surface area contributed by atoms with Crippen molar-refractivity contribution >= 4 is 5.91 Å². The van der Waals surface area contributed by atoms with Gasteiger partial charge in [0.25, 0.3) is 5.91 Å². The Morgan fingerprint density at radius 2 is 1.87 bits per heavy atom. The van der Waals surface area contributed by atoms with E-state index in [-0.39, 0.29) is 31.0 Å². The molecule has 0 saturated carbocycles. The van der Waals surface area contributed by atoms with E-state index in [1.54, 1.807) is 7.05 Å². The first-order valence-electron chi connectivity index (χ1n) is 9.66. The fourth-order valence-corrected chi connectivity index (χ4v) is 3.83. The highest BCUT2D eigenvalue weighted by Gasteiger charge is 2.29. The van der Waals surface area contributed by atoms with Gasteiger partial charge in [0.15, 0.2) is 0 Å². The molecule has 31 heavy (non-hydrogen) atoms. The fourth-order valence-electron chi connectivity index (χ4n) is 3.83. The lowest BCUT2D eigenvalue weighted by Crippen LogP contribution is -2.36. The number of hydrogen-bond donors (Lipinski definition) is 0. The van der Waals surface area contributed by atoms with Gasteiger partial charge in [-0.25, -0.2) is 17.6 Å². The number of hydrogen-bond acceptors (Lipinski definition) is 3. The van der Waals surface area contributed by atoms with Crippen LogP contribution in [-0.4, -0.2) is 40.4 Å². The predicted octanol–water partition coefficient (Wildman–Crippen LogP) is 4.05. The minimum absolute atomic E-state index is 0.120. The second kappa shape index (κ2) is 8.41. The van der Waals surface area contributed by atoms with Crippen molar-refractivity contribution in [3.63, 3.8) is 0 Å². The number of aryl methyl sites for hydroxylation is 1. The Hall–Kier alpha value is -3.36. The van der Waals surface area contributed by atoms with E-state index in [0.717, 1.165) is 17.7 Å². The Morgan fingerprint density at radius 3 is 2.58 bits per heavy atom. The summed E-state index contributed by atoms with van der Waals surface area (Å²) in [5.74, 6) is -2.43. The van der Waals surface area contributed by atoms with E-state index in [0.29, 0.717) is 23.4 Å². The average molecular weight is 433 g/mol. The third-order valence-electron chi connectivity index (χ3n) is 5.14. The summed E-state index contributed by atoms with van der Waals surface area (Å²) in [5, 5.41) is 4.41. The predicted molar refractivity (Wildman–Crippen MR) is 105 cm³/mol. The highest BCUT2D eigenvalue weighted by atomic mass is 19.1. The van der Waals surface area contributed by atoms with Gasteiger partial charge in [-0.05, 0) is 36.8 Å². The molecule has 1 aliphatic rings. The normalized spacial score (nSPS) is 13.3. The number of amides is 1. The fraction of sp³-hybridized carbons (Fsp3) is 0.273. The maximum absolute atomic E-state index is 14.3. The number of benzene rings is 2. The molecular formula is C22H19F4N3O2. The largest absolute Gasteiger partial charge is 0.491 e. The van der Waals surface area contributed by atoms with E-state index < -0.39 is 30.0 Å². The van der Waals surface area contributed by atoms with Gasteiger partial charge in [-0.1, -0.05) is 0 Å². The second-order valence-electron chi connectivity index (χ2n) is 7.21. The zero-order valence-corrected chi connectivity index (χ0v) is 16.7. The van der Waals surface area contributed by atoms with Gasteiger partial charge in [0.2, 0.25) is 0 Å². The molecule has 1 aliphatic heterocycles. The quantitative estimate of drug-likeness (QED) is 0.571. The van der Waals surface area contributed by atoms with E-state index in [4.69, 9.17) is 4.74 Å². The molecule has 162 valence electrons. The molecule has 0 atom stereocenters. The van der Waals surface area contributed by atoms with Crippen molar-refractivity contribution in [3.8, 4) is 17.0 Å². The summed E-state index contributed by atoms with van der Waals surface area (Å²) >= 11 is 0. The number of ether oxygens (including phenoxy) is 1. The van der Waals surface area contributed by atoms with E-state index in [1.807, 2.05) is 0 Å². The van der Waals surface area contributed by atoms with Crippen LogP contribution in [-0.2, 0) is 20.0 Å². The van der Waals surface area contributed by atoms with Crippen LogP contribution in [0.25, 0.3) is 11.3 Å². The summed E-state index contributed by atoms with van der Waals surface area (Å²) in [4.78, 5) is 14.4. The second-order valence-corrected chi connectivity index (χ2v) is 7.21. The average Bonchev–Trinajstić information content (AvgIpc) is 3.06. The molecule has 0 spiro atoms. The Bertz CT molecular complexity index is 1130. The standard InChI is InChI=1S/C22H19F4N3O2/c1-28-21(13-8-14(24)10-15(25)9-13)17-4-6-29(12-20(17)27-28)22(30)18-11-16(31-7-5-23)2-3-19(18)26/h2-3,8-11H,4-7,12H2,1H3. The summed E-state index contributed by atoms with van der Waals surface area (Å²) in [6, 6.07) is 6.95. The van der Waals surface area contributed by atoms with Gasteiger partial charge in [-0.15, -0.1) is 0 Å². The maximum atomic E-state index is 14.3. The minimum Gasteiger partial charge on any atom is -0.491 e. The van der Waals surface area contributed by atoms with Gasteiger partial charge in [-0.2, -0.15) is 5.10 Å². The lowest BCUT2D eigenvalue weighted by atomic mass is 9.99. The van der Waals surface area contributed by atoms with Gasteiger partial charge in [-0.3, -0.25) is 9.48 Å². The van der Waals surface area contributed by atoms with E-state index in [1.165, 1.54) is 33.8 Å². The zero-order chi connectivity index (χ0) is 22.1. The first-order valence-corrected chi connectivity index (χ1v) is 9.66. The summed E-state index contributed by atoms with van der Waals surface area (Å²) < 4.78 is 60.7. The molecule has 0 bridgehead atoms. The monoisotopic (exact) mass is 433 g/mol. The van der Waals surface area contributed by atoms with Crippen LogP contribution < -0.4 is 4.74 Å². The van der Waals surface area contributed by atoms with Crippen molar-refractivity contribution in [2.45, 2.75) is 13.0 Å². The molecule has 0 N–H and O–H groups in total. The topological polar surface area (TPSA) is 47.4 Å².